The van der Waals surface area contributed by atoms with E-state index in [-0.39, 0.29) is 11.8 Å². The molecule has 0 amide bonds. The number of hydrogen-bond acceptors (Lipinski definition) is 3. The molecule has 0 aromatic heterocycles. The Morgan fingerprint density at radius 2 is 1.00 bits per heavy atom. The minimum absolute atomic E-state index is 0.106. The molecule has 0 saturated carbocycles. The number of unbranched alkanes of at least 4 members (excludes halogenated alkanes) is 15. The second kappa shape index (κ2) is 21.8. The summed E-state index contributed by atoms with van der Waals surface area (Å²) in [7, 11) is 0. The molecule has 0 aromatic rings. The minimum atomic E-state index is -0.524. The van der Waals surface area contributed by atoms with Crippen LogP contribution < -0.4 is 0 Å². The predicted molar refractivity (Wildman–Crippen MR) is 124 cm³/mol. The summed E-state index contributed by atoms with van der Waals surface area (Å²) in [5.74, 6) is -0.713. The first-order valence-corrected chi connectivity index (χ1v) is 12.9. The zero-order valence-corrected chi connectivity index (χ0v) is 19.9. The van der Waals surface area contributed by atoms with E-state index >= 15 is 0 Å². The maximum absolute atomic E-state index is 12.6. The van der Waals surface area contributed by atoms with Crippen LogP contribution in [0.2, 0.25) is 0 Å². The van der Waals surface area contributed by atoms with Crippen molar-refractivity contribution in [3.8, 4) is 0 Å². The van der Waals surface area contributed by atoms with Crippen LogP contribution in [0.15, 0.2) is 0 Å². The van der Waals surface area contributed by atoms with E-state index in [2.05, 4.69) is 13.8 Å². The fourth-order valence-corrected chi connectivity index (χ4v) is 3.92. The fraction of sp³-hybridized carbons (Fsp3) is 0.923. The number of rotatable bonds is 22. The van der Waals surface area contributed by atoms with Gasteiger partial charge in [0.05, 0.1) is 6.61 Å². The van der Waals surface area contributed by atoms with Gasteiger partial charge in [0.15, 0.2) is 0 Å². The lowest BCUT2D eigenvalue weighted by Gasteiger charge is -2.14. The van der Waals surface area contributed by atoms with Crippen LogP contribution in [0.5, 0.6) is 0 Å². The lowest BCUT2D eigenvalue weighted by molar-refractivity contribution is -0.152. The van der Waals surface area contributed by atoms with Gasteiger partial charge in [-0.25, -0.2) is 0 Å². The number of Topliss-reactive ketones (excluding diaryl/α,β-unsaturated/α-hetero) is 1. The molecule has 0 aliphatic rings. The van der Waals surface area contributed by atoms with Crippen LogP contribution in [-0.4, -0.2) is 18.4 Å². The first kappa shape index (κ1) is 28.1. The highest BCUT2D eigenvalue weighted by Crippen LogP contribution is 2.19. The summed E-state index contributed by atoms with van der Waals surface area (Å²) in [4.78, 5) is 24.8. The van der Waals surface area contributed by atoms with E-state index in [0.717, 1.165) is 25.7 Å². The molecule has 0 bridgehead atoms. The zero-order chi connectivity index (χ0) is 21.6. The molecule has 1 unspecified atom stereocenters. The van der Waals surface area contributed by atoms with Gasteiger partial charge in [-0.1, -0.05) is 117 Å². The molecule has 172 valence electrons. The topological polar surface area (TPSA) is 43.4 Å². The predicted octanol–water partition coefficient (Wildman–Crippen LogP) is 8.19. The molecule has 0 aromatic carbocycles. The molecule has 3 heteroatoms. The SMILES string of the molecule is CCCCCCCCCCCC(=O)C(CCCCCCCCCC)C(=O)OCC. The van der Waals surface area contributed by atoms with E-state index in [4.69, 9.17) is 4.74 Å². The van der Waals surface area contributed by atoms with Gasteiger partial charge in [0, 0.05) is 6.42 Å². The molecule has 0 aliphatic carbocycles. The minimum Gasteiger partial charge on any atom is -0.465 e. The molecule has 3 nitrogen and oxygen atoms in total. The summed E-state index contributed by atoms with van der Waals surface area (Å²) in [6.45, 7) is 6.66. The van der Waals surface area contributed by atoms with Gasteiger partial charge in [0.1, 0.15) is 11.7 Å². The van der Waals surface area contributed by atoms with Gasteiger partial charge in [-0.3, -0.25) is 9.59 Å². The van der Waals surface area contributed by atoms with Crippen LogP contribution in [0.4, 0.5) is 0 Å². The van der Waals surface area contributed by atoms with Crippen molar-refractivity contribution in [2.45, 2.75) is 143 Å². The molecule has 0 spiro atoms. The Balaban J connectivity index is 3.95. The Bertz CT molecular complexity index is 378. The van der Waals surface area contributed by atoms with Gasteiger partial charge in [-0.05, 0) is 19.8 Å². The van der Waals surface area contributed by atoms with Crippen LogP contribution >= 0.6 is 0 Å². The molecule has 0 saturated heterocycles. The third-order valence-corrected chi connectivity index (χ3v) is 5.83. The first-order valence-electron chi connectivity index (χ1n) is 12.9. The van der Waals surface area contributed by atoms with Crippen LogP contribution in [-0.2, 0) is 14.3 Å². The Kier molecular flexibility index (Phi) is 21.2. The van der Waals surface area contributed by atoms with E-state index in [1.54, 1.807) is 0 Å². The largest absolute Gasteiger partial charge is 0.465 e. The summed E-state index contributed by atoms with van der Waals surface area (Å²) >= 11 is 0. The van der Waals surface area contributed by atoms with Gasteiger partial charge in [-0.15, -0.1) is 0 Å². The Hall–Kier alpha value is -0.860. The van der Waals surface area contributed by atoms with Crippen LogP contribution in [0.25, 0.3) is 0 Å². The van der Waals surface area contributed by atoms with Crippen molar-refractivity contribution in [1.82, 2.24) is 0 Å². The number of carbonyl (C=O) groups excluding carboxylic acids is 2. The van der Waals surface area contributed by atoms with Gasteiger partial charge < -0.3 is 4.74 Å². The molecule has 29 heavy (non-hydrogen) atoms. The van der Waals surface area contributed by atoms with Crippen molar-refractivity contribution in [2.75, 3.05) is 6.61 Å². The summed E-state index contributed by atoms with van der Waals surface area (Å²) in [5.41, 5.74) is 0. The summed E-state index contributed by atoms with van der Waals surface area (Å²) < 4.78 is 5.18. The van der Waals surface area contributed by atoms with Gasteiger partial charge in [-0.2, -0.15) is 0 Å². The van der Waals surface area contributed by atoms with Crippen molar-refractivity contribution in [3.63, 3.8) is 0 Å². The number of esters is 1. The zero-order valence-electron chi connectivity index (χ0n) is 19.9. The van der Waals surface area contributed by atoms with Gasteiger partial charge >= 0.3 is 5.97 Å². The van der Waals surface area contributed by atoms with Crippen molar-refractivity contribution in [1.29, 1.82) is 0 Å². The van der Waals surface area contributed by atoms with Crippen LogP contribution in [0.3, 0.4) is 0 Å². The van der Waals surface area contributed by atoms with Crippen molar-refractivity contribution >= 4 is 11.8 Å². The third-order valence-electron chi connectivity index (χ3n) is 5.83. The highest BCUT2D eigenvalue weighted by atomic mass is 16.5. The normalized spacial score (nSPS) is 12.1. The first-order chi connectivity index (χ1) is 14.2. The van der Waals surface area contributed by atoms with E-state index in [9.17, 15) is 9.59 Å². The molecule has 1 atom stereocenters. The van der Waals surface area contributed by atoms with E-state index in [1.807, 2.05) is 6.92 Å². The average Bonchev–Trinajstić information content (AvgIpc) is 2.71. The maximum atomic E-state index is 12.6. The van der Waals surface area contributed by atoms with Crippen LogP contribution in [0, 0.1) is 5.92 Å². The second-order valence-corrected chi connectivity index (χ2v) is 8.61. The van der Waals surface area contributed by atoms with E-state index < -0.39 is 5.92 Å². The molecule has 0 aliphatic heterocycles. The third kappa shape index (κ3) is 17.7. The summed E-state index contributed by atoms with van der Waals surface area (Å²) in [6.07, 6.45) is 22.2. The molecular formula is C26H50O3. The van der Waals surface area contributed by atoms with E-state index in [1.165, 1.54) is 83.5 Å². The Labute approximate surface area is 181 Å². The van der Waals surface area contributed by atoms with Crippen molar-refractivity contribution in [3.05, 3.63) is 0 Å². The average molecular weight is 411 g/mol. The standard InChI is InChI=1S/C26H50O3/c1-4-7-9-11-13-15-17-19-21-23-25(27)24(26(28)29-6-3)22-20-18-16-14-12-10-8-5-2/h24H,4-23H2,1-3H3. The number of hydrogen-bond donors (Lipinski definition) is 0. The number of carbonyl (C=O) groups is 2. The quantitative estimate of drug-likeness (QED) is 0.103. The van der Waals surface area contributed by atoms with Gasteiger partial charge in [0.2, 0.25) is 0 Å². The fourth-order valence-electron chi connectivity index (χ4n) is 3.92. The van der Waals surface area contributed by atoms with Crippen molar-refractivity contribution in [2.24, 2.45) is 5.92 Å². The Morgan fingerprint density at radius 1 is 0.586 bits per heavy atom. The van der Waals surface area contributed by atoms with Crippen LogP contribution in [0.1, 0.15) is 143 Å². The monoisotopic (exact) mass is 410 g/mol. The molecule has 0 heterocycles. The lowest BCUT2D eigenvalue weighted by Crippen LogP contribution is -2.26. The van der Waals surface area contributed by atoms with Gasteiger partial charge in [0.25, 0.3) is 0 Å². The Morgan fingerprint density at radius 3 is 1.45 bits per heavy atom. The highest BCUT2D eigenvalue weighted by Gasteiger charge is 2.26. The molecule has 0 radical (unpaired) electrons. The smallest absolute Gasteiger partial charge is 0.316 e. The summed E-state index contributed by atoms with van der Waals surface area (Å²) in [5, 5.41) is 0. The molecular weight excluding hydrogens is 360 g/mol. The number of ether oxygens (including phenoxy) is 1. The highest BCUT2D eigenvalue weighted by molar-refractivity contribution is 5.98. The summed E-state index contributed by atoms with van der Waals surface area (Å²) in [6, 6.07) is 0. The lowest BCUT2D eigenvalue weighted by atomic mass is 9.93. The maximum Gasteiger partial charge on any atom is 0.316 e. The number of ketones is 1. The second-order valence-electron chi connectivity index (χ2n) is 8.61. The molecule has 0 rings (SSSR count). The molecule has 0 fully saturated rings. The van der Waals surface area contributed by atoms with E-state index in [0.29, 0.717) is 19.4 Å². The van der Waals surface area contributed by atoms with Crippen molar-refractivity contribution < 1.29 is 14.3 Å². The molecule has 0 N–H and O–H groups in total.